The lowest BCUT2D eigenvalue weighted by atomic mass is 9.99. The van der Waals surface area contributed by atoms with Crippen LogP contribution in [-0.4, -0.2) is 54.9 Å². The molecule has 31 heavy (non-hydrogen) atoms. The molecule has 1 aromatic heterocycles. The smallest absolute Gasteiger partial charge is 0.269 e. The van der Waals surface area contributed by atoms with Crippen molar-refractivity contribution in [3.63, 3.8) is 0 Å². The standard InChI is InChI=1S/C21H23Cl2FN4O3/c1-20(24)9-15(16(29)7-6-12-8-21(12,22)23)27(11-20)17(30)10-28-14-5-3-2-4-13(14)18(26-28)19(25)31/h2-5,12,15H,6-11H2,1H3,(H2,25,31)/t12-,15-,20+/m0/s1. The Morgan fingerprint density at radius 3 is 2.58 bits per heavy atom. The summed E-state index contributed by atoms with van der Waals surface area (Å²) in [6.45, 7) is 0.976. The summed E-state index contributed by atoms with van der Waals surface area (Å²) < 4.78 is 15.4. The van der Waals surface area contributed by atoms with E-state index >= 15 is 0 Å². The number of ketones is 1. The largest absolute Gasteiger partial charge is 0.364 e. The van der Waals surface area contributed by atoms with Gasteiger partial charge in [0.1, 0.15) is 16.5 Å². The summed E-state index contributed by atoms with van der Waals surface area (Å²) in [5.41, 5.74) is 4.36. The molecule has 2 aliphatic rings. The van der Waals surface area contributed by atoms with Crippen molar-refractivity contribution in [2.45, 2.75) is 55.2 Å². The average Bonchev–Trinajstić information content (AvgIpc) is 3.00. The number of amides is 2. The van der Waals surface area contributed by atoms with Crippen LogP contribution in [0.1, 0.15) is 43.1 Å². The Bertz CT molecular complexity index is 1070. The van der Waals surface area contributed by atoms with Crippen LogP contribution in [0.25, 0.3) is 10.9 Å². The van der Waals surface area contributed by atoms with Crippen LogP contribution in [0.2, 0.25) is 0 Å². The van der Waals surface area contributed by atoms with Crippen molar-refractivity contribution in [2.75, 3.05) is 6.54 Å². The van der Waals surface area contributed by atoms with E-state index in [-0.39, 0.29) is 43.3 Å². The van der Waals surface area contributed by atoms with Crippen molar-refractivity contribution in [3.05, 3.63) is 30.0 Å². The van der Waals surface area contributed by atoms with Crippen molar-refractivity contribution >= 4 is 51.7 Å². The van der Waals surface area contributed by atoms with Gasteiger partial charge in [0.25, 0.3) is 5.91 Å². The van der Waals surface area contributed by atoms with E-state index in [1.54, 1.807) is 24.3 Å². The molecule has 2 N–H and O–H groups in total. The van der Waals surface area contributed by atoms with Gasteiger partial charge in [0, 0.05) is 18.2 Å². The fraction of sp³-hybridized carbons (Fsp3) is 0.524. The van der Waals surface area contributed by atoms with Crippen LogP contribution in [-0.2, 0) is 16.1 Å². The number of rotatable bonds is 7. The minimum Gasteiger partial charge on any atom is -0.364 e. The number of carbonyl (C=O) groups is 3. The number of hydrogen-bond donors (Lipinski definition) is 1. The van der Waals surface area contributed by atoms with Crippen LogP contribution in [0.4, 0.5) is 4.39 Å². The summed E-state index contributed by atoms with van der Waals surface area (Å²) in [7, 11) is 0. The van der Waals surface area contributed by atoms with Crippen molar-refractivity contribution in [3.8, 4) is 0 Å². The van der Waals surface area contributed by atoms with Crippen molar-refractivity contribution in [1.29, 1.82) is 0 Å². The van der Waals surface area contributed by atoms with Gasteiger partial charge in [-0.3, -0.25) is 19.1 Å². The summed E-state index contributed by atoms with van der Waals surface area (Å²) in [5.74, 6) is -1.30. The molecule has 0 bridgehead atoms. The molecular weight excluding hydrogens is 446 g/mol. The number of likely N-dealkylation sites (tertiary alicyclic amines) is 1. The van der Waals surface area contributed by atoms with E-state index in [4.69, 9.17) is 28.9 Å². The number of primary amides is 1. The predicted molar refractivity (Wildman–Crippen MR) is 115 cm³/mol. The Balaban J connectivity index is 1.52. The van der Waals surface area contributed by atoms with Gasteiger partial charge in [0.15, 0.2) is 11.5 Å². The van der Waals surface area contributed by atoms with E-state index in [0.717, 1.165) is 0 Å². The molecule has 10 heteroatoms. The monoisotopic (exact) mass is 468 g/mol. The van der Waals surface area contributed by atoms with Crippen LogP contribution in [0.15, 0.2) is 24.3 Å². The van der Waals surface area contributed by atoms with Gasteiger partial charge in [-0.2, -0.15) is 5.10 Å². The first-order valence-electron chi connectivity index (χ1n) is 10.1. The molecular formula is C21H23Cl2FN4O3. The van der Waals surface area contributed by atoms with Crippen LogP contribution in [0.5, 0.6) is 0 Å². The number of halogens is 3. The summed E-state index contributed by atoms with van der Waals surface area (Å²) in [6, 6.07) is 6.05. The summed E-state index contributed by atoms with van der Waals surface area (Å²) >= 11 is 12.0. The molecule has 3 atom stereocenters. The number of fused-ring (bicyclic) bond motifs is 1. The maximum absolute atomic E-state index is 14.8. The zero-order chi connectivity index (χ0) is 22.6. The number of aromatic nitrogens is 2. The Hall–Kier alpha value is -2.19. The highest BCUT2D eigenvalue weighted by Crippen LogP contribution is 2.55. The van der Waals surface area contributed by atoms with E-state index in [1.807, 2.05) is 0 Å². The number of benzene rings is 1. The number of alkyl halides is 3. The highest BCUT2D eigenvalue weighted by Gasteiger charge is 2.52. The highest BCUT2D eigenvalue weighted by atomic mass is 35.5. The number of carbonyl (C=O) groups excluding carboxylic acids is 3. The highest BCUT2D eigenvalue weighted by molar-refractivity contribution is 6.50. The third-order valence-corrected chi connectivity index (χ3v) is 6.98. The molecule has 1 aliphatic carbocycles. The first-order chi connectivity index (χ1) is 14.5. The Morgan fingerprint density at radius 1 is 1.26 bits per heavy atom. The summed E-state index contributed by atoms with van der Waals surface area (Å²) in [6.07, 6.45) is 1.28. The lowest BCUT2D eigenvalue weighted by Gasteiger charge is -2.23. The molecule has 7 nitrogen and oxygen atoms in total. The second-order valence-electron chi connectivity index (χ2n) is 8.71. The van der Waals surface area contributed by atoms with Gasteiger partial charge in [-0.15, -0.1) is 23.2 Å². The van der Waals surface area contributed by atoms with Crippen molar-refractivity contribution in [1.82, 2.24) is 14.7 Å². The Kier molecular flexibility index (Phi) is 5.50. The molecule has 0 spiro atoms. The third-order valence-electron chi connectivity index (χ3n) is 6.06. The quantitative estimate of drug-likeness (QED) is 0.631. The fourth-order valence-electron chi connectivity index (χ4n) is 4.31. The molecule has 166 valence electrons. The predicted octanol–water partition coefficient (Wildman–Crippen LogP) is 3.01. The number of nitrogens with two attached hydrogens (primary N) is 1. The first-order valence-corrected chi connectivity index (χ1v) is 10.9. The molecule has 2 heterocycles. The van der Waals surface area contributed by atoms with Crippen LogP contribution in [0, 0.1) is 5.92 Å². The molecule has 0 radical (unpaired) electrons. The lowest BCUT2D eigenvalue weighted by molar-refractivity contribution is -0.138. The maximum Gasteiger partial charge on any atom is 0.269 e. The molecule has 1 saturated heterocycles. The van der Waals surface area contributed by atoms with Gasteiger partial charge in [0.05, 0.1) is 18.1 Å². The maximum atomic E-state index is 14.8. The fourth-order valence-corrected chi connectivity index (χ4v) is 4.90. The second kappa shape index (κ2) is 7.74. The molecule has 2 fully saturated rings. The third kappa shape index (κ3) is 4.41. The second-order valence-corrected chi connectivity index (χ2v) is 10.3. The number of para-hydroxylation sites is 1. The molecule has 0 unspecified atom stereocenters. The van der Waals surface area contributed by atoms with Gasteiger partial charge in [-0.1, -0.05) is 18.2 Å². The zero-order valence-electron chi connectivity index (χ0n) is 17.0. The molecule has 2 aromatic rings. The molecule has 4 rings (SSSR count). The number of hydrogen-bond acceptors (Lipinski definition) is 4. The van der Waals surface area contributed by atoms with Crippen molar-refractivity contribution in [2.24, 2.45) is 11.7 Å². The number of Topliss-reactive ketones (excluding diaryl/α,β-unsaturated/α-hetero) is 1. The van der Waals surface area contributed by atoms with Crippen molar-refractivity contribution < 1.29 is 18.8 Å². The minimum absolute atomic E-state index is 0.0461. The summed E-state index contributed by atoms with van der Waals surface area (Å²) in [5, 5.41) is 4.71. The topological polar surface area (TPSA) is 98.3 Å². The molecule has 1 saturated carbocycles. The van der Waals surface area contributed by atoms with E-state index < -0.39 is 27.9 Å². The van der Waals surface area contributed by atoms with Gasteiger partial charge in [-0.25, -0.2) is 4.39 Å². The normalized spacial score (nSPS) is 26.9. The lowest BCUT2D eigenvalue weighted by Crippen LogP contribution is -2.42. The summed E-state index contributed by atoms with van der Waals surface area (Å²) in [4.78, 5) is 38.9. The van der Waals surface area contributed by atoms with Gasteiger partial charge in [0.2, 0.25) is 5.91 Å². The van der Waals surface area contributed by atoms with Gasteiger partial charge in [-0.05, 0) is 31.7 Å². The SMILES string of the molecule is C[C@@]1(F)C[C@@H](C(=O)CC[C@H]2CC2(Cl)Cl)N(C(=O)Cn2nc(C(N)=O)c3ccccc32)C1. The first kappa shape index (κ1) is 22.0. The average molecular weight is 469 g/mol. The van der Waals surface area contributed by atoms with E-state index in [1.165, 1.54) is 16.5 Å². The Labute approximate surface area is 188 Å². The van der Waals surface area contributed by atoms with Crippen LogP contribution in [0.3, 0.4) is 0 Å². The van der Waals surface area contributed by atoms with Crippen LogP contribution >= 0.6 is 23.2 Å². The van der Waals surface area contributed by atoms with Gasteiger partial charge >= 0.3 is 0 Å². The molecule has 1 aromatic carbocycles. The number of nitrogens with zero attached hydrogens (tertiary/aromatic N) is 3. The van der Waals surface area contributed by atoms with E-state index in [2.05, 4.69) is 5.10 Å². The van der Waals surface area contributed by atoms with E-state index in [9.17, 15) is 18.8 Å². The molecule has 2 amide bonds. The zero-order valence-corrected chi connectivity index (χ0v) is 18.5. The van der Waals surface area contributed by atoms with Crippen LogP contribution < -0.4 is 5.73 Å². The van der Waals surface area contributed by atoms with E-state index in [0.29, 0.717) is 23.7 Å². The Morgan fingerprint density at radius 2 is 1.94 bits per heavy atom. The minimum atomic E-state index is -1.66. The van der Waals surface area contributed by atoms with Gasteiger partial charge < -0.3 is 10.6 Å². The molecule has 1 aliphatic heterocycles.